The van der Waals surface area contributed by atoms with Gasteiger partial charge in [0.1, 0.15) is 0 Å². The van der Waals surface area contributed by atoms with Crippen molar-refractivity contribution in [1.29, 1.82) is 0 Å². The second-order valence-corrected chi connectivity index (χ2v) is 10.1. The third-order valence-corrected chi connectivity index (χ3v) is 8.07. The van der Waals surface area contributed by atoms with Gasteiger partial charge in [-0.2, -0.15) is 11.8 Å². The molecule has 0 saturated carbocycles. The number of benzene rings is 1. The first kappa shape index (κ1) is 22.7. The summed E-state index contributed by atoms with van der Waals surface area (Å²) in [6, 6.07) is 9.20. The van der Waals surface area contributed by atoms with Crippen LogP contribution in [0.25, 0.3) is 0 Å². The van der Waals surface area contributed by atoms with Crippen LogP contribution in [-0.4, -0.2) is 80.4 Å². The van der Waals surface area contributed by atoms with Crippen LogP contribution in [0.1, 0.15) is 44.7 Å². The molecule has 0 spiro atoms. The fourth-order valence-electron chi connectivity index (χ4n) is 4.91. The first-order valence-electron chi connectivity index (χ1n) is 12.0. The number of nitrogens with zero attached hydrogens (tertiary/aromatic N) is 3. The number of hydrogen-bond acceptors (Lipinski definition) is 5. The lowest BCUT2D eigenvalue weighted by atomic mass is 9.96. The van der Waals surface area contributed by atoms with Gasteiger partial charge in [0.25, 0.3) is 0 Å². The van der Waals surface area contributed by atoms with Crippen molar-refractivity contribution >= 4 is 23.4 Å². The third kappa shape index (κ3) is 5.68. The highest BCUT2D eigenvalue weighted by Crippen LogP contribution is 2.34. The average molecular weight is 446 g/mol. The average Bonchev–Trinajstić information content (AvgIpc) is 3.51. The number of hydrogen-bond donors (Lipinski definition) is 2. The predicted molar refractivity (Wildman–Crippen MR) is 132 cm³/mol. The molecule has 2 N–H and O–H groups in total. The van der Waals surface area contributed by atoms with Crippen molar-refractivity contribution in [1.82, 2.24) is 15.5 Å². The number of guanidine groups is 1. The van der Waals surface area contributed by atoms with E-state index in [0.717, 1.165) is 45.4 Å². The molecule has 0 bridgehead atoms. The lowest BCUT2D eigenvalue weighted by molar-refractivity contribution is -0.0104. The van der Waals surface area contributed by atoms with Crippen molar-refractivity contribution in [3.8, 4) is 0 Å². The van der Waals surface area contributed by atoms with E-state index in [0.29, 0.717) is 0 Å². The summed E-state index contributed by atoms with van der Waals surface area (Å²) in [6.07, 6.45) is 3.82. The standard InChI is InChI=1S/C24H39N5OS/c1-3-25-23(26-18-24(9-16-31-19-24)29-12-14-30-15-13-29)27-20(2)21-7-6-8-22(17-21)28-10-4-5-11-28/h6-8,17,20H,3-5,9-16,18-19H2,1-2H3,(H2,25,26,27). The first-order chi connectivity index (χ1) is 15.2. The molecule has 172 valence electrons. The molecule has 3 heterocycles. The molecule has 31 heavy (non-hydrogen) atoms. The molecule has 0 radical (unpaired) electrons. The van der Waals surface area contributed by atoms with Crippen LogP contribution in [0, 0.1) is 0 Å². The number of ether oxygens (including phenoxy) is 1. The molecular weight excluding hydrogens is 406 g/mol. The maximum absolute atomic E-state index is 5.60. The van der Waals surface area contributed by atoms with E-state index in [1.807, 2.05) is 0 Å². The largest absolute Gasteiger partial charge is 0.379 e. The van der Waals surface area contributed by atoms with Gasteiger partial charge in [-0.05, 0) is 56.6 Å². The Morgan fingerprint density at radius 3 is 2.74 bits per heavy atom. The van der Waals surface area contributed by atoms with Crippen LogP contribution >= 0.6 is 11.8 Å². The number of nitrogens with one attached hydrogen (secondary N) is 2. The van der Waals surface area contributed by atoms with Crippen LogP contribution in [0.15, 0.2) is 29.3 Å². The summed E-state index contributed by atoms with van der Waals surface area (Å²) in [5, 5.41) is 7.14. The van der Waals surface area contributed by atoms with Crippen molar-refractivity contribution in [3.63, 3.8) is 0 Å². The Bertz CT molecular complexity index is 724. The highest BCUT2D eigenvalue weighted by Gasteiger charge is 2.40. The van der Waals surface area contributed by atoms with Gasteiger partial charge in [0.05, 0.1) is 31.3 Å². The summed E-state index contributed by atoms with van der Waals surface area (Å²) in [5.74, 6) is 3.32. The molecule has 3 saturated heterocycles. The van der Waals surface area contributed by atoms with Gasteiger partial charge in [-0.25, -0.2) is 0 Å². The summed E-state index contributed by atoms with van der Waals surface area (Å²) >= 11 is 2.07. The van der Waals surface area contributed by atoms with Crippen LogP contribution in [-0.2, 0) is 4.74 Å². The highest BCUT2D eigenvalue weighted by molar-refractivity contribution is 7.99. The summed E-state index contributed by atoms with van der Waals surface area (Å²) in [4.78, 5) is 10.2. The molecule has 6 nitrogen and oxygen atoms in total. The van der Waals surface area contributed by atoms with Gasteiger partial charge in [0, 0.05) is 44.2 Å². The Hall–Kier alpha value is -1.44. The van der Waals surface area contributed by atoms with Crippen LogP contribution < -0.4 is 15.5 Å². The molecule has 1 aromatic carbocycles. The lowest BCUT2D eigenvalue weighted by Gasteiger charge is -2.42. The van der Waals surface area contributed by atoms with E-state index in [4.69, 9.17) is 9.73 Å². The summed E-state index contributed by atoms with van der Waals surface area (Å²) < 4.78 is 5.60. The molecule has 3 aliphatic rings. The van der Waals surface area contributed by atoms with Gasteiger partial charge < -0.3 is 20.3 Å². The fraction of sp³-hybridized carbons (Fsp3) is 0.708. The Morgan fingerprint density at radius 2 is 2.03 bits per heavy atom. The quantitative estimate of drug-likeness (QED) is 0.497. The monoisotopic (exact) mass is 445 g/mol. The van der Waals surface area contributed by atoms with Gasteiger partial charge in [-0.1, -0.05) is 12.1 Å². The van der Waals surface area contributed by atoms with E-state index >= 15 is 0 Å². The number of morpholine rings is 1. The SMILES string of the molecule is CCNC(=NCC1(N2CCOCC2)CCSC1)NC(C)c1cccc(N2CCCC2)c1. The Kier molecular flexibility index (Phi) is 8.02. The Balaban J connectivity index is 1.44. The van der Waals surface area contributed by atoms with E-state index in [1.165, 1.54) is 55.1 Å². The number of anilines is 1. The smallest absolute Gasteiger partial charge is 0.191 e. The van der Waals surface area contributed by atoms with Gasteiger partial charge >= 0.3 is 0 Å². The maximum Gasteiger partial charge on any atom is 0.191 e. The minimum Gasteiger partial charge on any atom is -0.379 e. The molecule has 7 heteroatoms. The van der Waals surface area contributed by atoms with Gasteiger partial charge in [0.2, 0.25) is 0 Å². The molecule has 2 atom stereocenters. The normalized spacial score (nSPS) is 26.3. The molecule has 0 amide bonds. The van der Waals surface area contributed by atoms with Crippen molar-refractivity contribution < 1.29 is 4.74 Å². The second kappa shape index (κ2) is 10.9. The Morgan fingerprint density at radius 1 is 1.23 bits per heavy atom. The van der Waals surface area contributed by atoms with Crippen molar-refractivity contribution in [3.05, 3.63) is 29.8 Å². The van der Waals surface area contributed by atoms with Crippen molar-refractivity contribution in [2.24, 2.45) is 4.99 Å². The highest BCUT2D eigenvalue weighted by atomic mass is 32.2. The van der Waals surface area contributed by atoms with Crippen molar-refractivity contribution in [2.45, 2.75) is 44.7 Å². The third-order valence-electron chi connectivity index (χ3n) is 6.83. The zero-order valence-corrected chi connectivity index (χ0v) is 20.1. The second-order valence-electron chi connectivity index (χ2n) is 8.98. The van der Waals surface area contributed by atoms with Crippen molar-refractivity contribution in [2.75, 3.05) is 68.9 Å². The fourth-order valence-corrected chi connectivity index (χ4v) is 6.38. The molecule has 0 aliphatic carbocycles. The number of rotatable bonds is 7. The van der Waals surface area contributed by atoms with E-state index in [-0.39, 0.29) is 11.6 Å². The predicted octanol–water partition coefficient (Wildman–Crippen LogP) is 3.11. The summed E-state index contributed by atoms with van der Waals surface area (Å²) in [5.41, 5.74) is 2.84. The van der Waals surface area contributed by atoms with E-state index in [2.05, 4.69) is 70.3 Å². The summed E-state index contributed by atoms with van der Waals surface area (Å²) in [7, 11) is 0. The number of thioether (sulfide) groups is 1. The van der Waals surface area contributed by atoms with Crippen LogP contribution in [0.2, 0.25) is 0 Å². The minimum absolute atomic E-state index is 0.176. The molecular formula is C24H39N5OS. The van der Waals surface area contributed by atoms with Gasteiger partial charge in [-0.3, -0.25) is 9.89 Å². The summed E-state index contributed by atoms with van der Waals surface area (Å²) in [6.45, 7) is 12.2. The topological polar surface area (TPSA) is 52.1 Å². The molecule has 4 rings (SSSR count). The maximum atomic E-state index is 5.60. The molecule has 3 aliphatic heterocycles. The molecule has 2 unspecified atom stereocenters. The van der Waals surface area contributed by atoms with Crippen LogP contribution in [0.4, 0.5) is 5.69 Å². The molecule has 1 aromatic rings. The molecule has 3 fully saturated rings. The Labute approximate surface area is 192 Å². The van der Waals surface area contributed by atoms with E-state index in [9.17, 15) is 0 Å². The molecule has 0 aromatic heterocycles. The van der Waals surface area contributed by atoms with Crippen LogP contribution in [0.5, 0.6) is 0 Å². The minimum atomic E-state index is 0.176. The number of aliphatic imine (C=N–C) groups is 1. The van der Waals surface area contributed by atoms with Gasteiger partial charge in [-0.15, -0.1) is 0 Å². The zero-order valence-electron chi connectivity index (χ0n) is 19.2. The lowest BCUT2D eigenvalue weighted by Crippen LogP contribution is -2.56. The first-order valence-corrected chi connectivity index (χ1v) is 13.2. The zero-order chi connectivity index (χ0) is 21.5. The van der Waals surface area contributed by atoms with E-state index < -0.39 is 0 Å². The van der Waals surface area contributed by atoms with E-state index in [1.54, 1.807) is 0 Å². The van der Waals surface area contributed by atoms with Gasteiger partial charge in [0.15, 0.2) is 5.96 Å². The van der Waals surface area contributed by atoms with Crippen LogP contribution in [0.3, 0.4) is 0 Å².